The summed E-state index contributed by atoms with van der Waals surface area (Å²) in [6.07, 6.45) is 4.21. The molecule has 0 radical (unpaired) electrons. The molecule has 0 aliphatic carbocycles. The summed E-state index contributed by atoms with van der Waals surface area (Å²) in [5.41, 5.74) is 0.619. The van der Waals surface area contributed by atoms with Crippen molar-refractivity contribution in [2.75, 3.05) is 20.2 Å². The van der Waals surface area contributed by atoms with Crippen LogP contribution in [0.3, 0.4) is 0 Å². The van der Waals surface area contributed by atoms with Crippen molar-refractivity contribution >= 4 is 0 Å². The van der Waals surface area contributed by atoms with Gasteiger partial charge >= 0.3 is 0 Å². The molecular formula is C12H17FN2O. The van der Waals surface area contributed by atoms with E-state index in [4.69, 9.17) is 4.74 Å². The van der Waals surface area contributed by atoms with Crippen LogP contribution in [-0.4, -0.2) is 25.2 Å². The minimum Gasteiger partial charge on any atom is -0.495 e. The normalized spacial score (nSPS) is 22.8. The summed E-state index contributed by atoms with van der Waals surface area (Å²) in [4.78, 5) is 3.99. The van der Waals surface area contributed by atoms with Crippen LogP contribution in [0.2, 0.25) is 0 Å². The van der Waals surface area contributed by atoms with E-state index in [0.29, 0.717) is 11.3 Å². The molecule has 4 heteroatoms. The second-order valence-corrected chi connectivity index (χ2v) is 4.17. The Morgan fingerprint density at radius 3 is 3.12 bits per heavy atom. The van der Waals surface area contributed by atoms with Crippen molar-refractivity contribution in [1.82, 2.24) is 10.3 Å². The summed E-state index contributed by atoms with van der Waals surface area (Å²) in [5, 5.41) is 3.22. The largest absolute Gasteiger partial charge is 0.495 e. The molecule has 1 N–H and O–H groups in total. The van der Waals surface area contributed by atoms with Crippen molar-refractivity contribution < 1.29 is 9.13 Å². The molecule has 1 aliphatic heterocycles. The first-order valence-corrected chi connectivity index (χ1v) is 5.65. The highest BCUT2D eigenvalue weighted by Gasteiger charge is 2.25. The predicted octanol–water partition coefficient (Wildman–Crippen LogP) is 2.10. The van der Waals surface area contributed by atoms with Gasteiger partial charge in [0.25, 0.3) is 0 Å². The van der Waals surface area contributed by atoms with Crippen molar-refractivity contribution in [3.8, 4) is 5.75 Å². The number of piperidine rings is 1. The molecule has 3 nitrogen and oxygen atoms in total. The number of nitrogens with zero attached hydrogens (tertiary/aromatic N) is 1. The van der Waals surface area contributed by atoms with Gasteiger partial charge in [-0.1, -0.05) is 0 Å². The lowest BCUT2D eigenvalue weighted by Crippen LogP contribution is -2.32. The molecule has 16 heavy (non-hydrogen) atoms. The maximum atomic E-state index is 14.2. The molecule has 1 fully saturated rings. The molecule has 1 aromatic rings. The van der Waals surface area contributed by atoms with Crippen molar-refractivity contribution in [3.63, 3.8) is 0 Å². The monoisotopic (exact) mass is 224 g/mol. The molecule has 2 rings (SSSR count). The lowest BCUT2D eigenvalue weighted by molar-refractivity contribution is 0.194. The van der Waals surface area contributed by atoms with E-state index < -0.39 is 6.17 Å². The zero-order valence-electron chi connectivity index (χ0n) is 9.45. The highest BCUT2D eigenvalue weighted by Crippen LogP contribution is 2.31. The van der Waals surface area contributed by atoms with Crippen molar-refractivity contribution in [2.45, 2.75) is 19.0 Å². The van der Waals surface area contributed by atoms with Gasteiger partial charge in [-0.2, -0.15) is 0 Å². The third-order valence-corrected chi connectivity index (χ3v) is 3.04. The second-order valence-electron chi connectivity index (χ2n) is 4.17. The fraction of sp³-hybridized carbons (Fsp3) is 0.583. The first kappa shape index (κ1) is 11.3. The number of rotatable bonds is 3. The first-order valence-electron chi connectivity index (χ1n) is 5.65. The summed E-state index contributed by atoms with van der Waals surface area (Å²) in [6.45, 7) is 1.75. The summed E-state index contributed by atoms with van der Waals surface area (Å²) in [7, 11) is 1.57. The van der Waals surface area contributed by atoms with Gasteiger partial charge in [0.2, 0.25) is 0 Å². The molecule has 88 valence electrons. The Hall–Kier alpha value is -1.16. The molecule has 2 heterocycles. The second kappa shape index (κ2) is 5.25. The number of hydrogen-bond acceptors (Lipinski definition) is 3. The minimum absolute atomic E-state index is 0.0580. The van der Waals surface area contributed by atoms with Crippen LogP contribution in [0.5, 0.6) is 5.75 Å². The van der Waals surface area contributed by atoms with E-state index in [0.717, 1.165) is 25.9 Å². The molecule has 2 atom stereocenters. The van der Waals surface area contributed by atoms with Crippen LogP contribution in [0.15, 0.2) is 18.5 Å². The average molecular weight is 224 g/mol. The van der Waals surface area contributed by atoms with Crippen LogP contribution >= 0.6 is 0 Å². The van der Waals surface area contributed by atoms with Crippen LogP contribution in [-0.2, 0) is 0 Å². The van der Waals surface area contributed by atoms with E-state index in [1.165, 1.54) is 0 Å². The highest BCUT2D eigenvalue weighted by molar-refractivity contribution is 5.25. The Balaban J connectivity index is 2.09. The summed E-state index contributed by atoms with van der Waals surface area (Å²) in [5.74, 6) is 0.673. The average Bonchev–Trinajstić information content (AvgIpc) is 2.39. The van der Waals surface area contributed by atoms with Gasteiger partial charge in [0, 0.05) is 24.2 Å². The maximum Gasteiger partial charge on any atom is 0.137 e. The van der Waals surface area contributed by atoms with Gasteiger partial charge in [-0.15, -0.1) is 0 Å². The minimum atomic E-state index is -0.949. The number of nitrogens with one attached hydrogen (secondary N) is 1. The van der Waals surface area contributed by atoms with Gasteiger partial charge in [-0.25, -0.2) is 4.39 Å². The Morgan fingerprint density at radius 1 is 1.56 bits per heavy atom. The topological polar surface area (TPSA) is 34.1 Å². The van der Waals surface area contributed by atoms with Gasteiger partial charge in [-0.05, 0) is 25.5 Å². The number of aromatic nitrogens is 1. The Kier molecular flexibility index (Phi) is 3.72. The van der Waals surface area contributed by atoms with Crippen LogP contribution in [0.4, 0.5) is 4.39 Å². The Bertz CT molecular complexity index is 340. The molecule has 0 amide bonds. The molecule has 1 aliphatic rings. The van der Waals surface area contributed by atoms with Gasteiger partial charge in [0.05, 0.1) is 13.3 Å². The third kappa shape index (κ3) is 2.50. The Morgan fingerprint density at radius 2 is 2.44 bits per heavy atom. The highest BCUT2D eigenvalue weighted by atomic mass is 19.1. The molecule has 0 spiro atoms. The van der Waals surface area contributed by atoms with E-state index in [-0.39, 0.29) is 5.92 Å². The van der Waals surface area contributed by atoms with Gasteiger partial charge in [0.15, 0.2) is 0 Å². The molecule has 1 aromatic heterocycles. The Labute approximate surface area is 95.0 Å². The number of alkyl halides is 1. The van der Waals surface area contributed by atoms with Crippen LogP contribution in [0, 0.1) is 5.92 Å². The number of hydrogen-bond donors (Lipinski definition) is 1. The van der Waals surface area contributed by atoms with Crippen molar-refractivity contribution in [3.05, 3.63) is 24.0 Å². The number of ether oxygens (including phenoxy) is 1. The van der Waals surface area contributed by atoms with Crippen molar-refractivity contribution in [2.24, 2.45) is 5.92 Å². The van der Waals surface area contributed by atoms with Crippen LogP contribution < -0.4 is 10.1 Å². The number of methoxy groups -OCH3 is 1. The lowest BCUT2D eigenvalue weighted by Gasteiger charge is -2.25. The van der Waals surface area contributed by atoms with E-state index in [1.54, 1.807) is 25.6 Å². The zero-order chi connectivity index (χ0) is 11.4. The predicted molar refractivity (Wildman–Crippen MR) is 60.2 cm³/mol. The van der Waals surface area contributed by atoms with E-state index >= 15 is 0 Å². The fourth-order valence-electron chi connectivity index (χ4n) is 2.10. The first-order chi connectivity index (χ1) is 7.81. The van der Waals surface area contributed by atoms with E-state index in [9.17, 15) is 4.39 Å². The summed E-state index contributed by atoms with van der Waals surface area (Å²) < 4.78 is 19.2. The van der Waals surface area contributed by atoms with Gasteiger partial charge in [0.1, 0.15) is 11.9 Å². The molecule has 0 bridgehead atoms. The summed E-state index contributed by atoms with van der Waals surface area (Å²) in [6, 6.07) is 1.73. The SMILES string of the molecule is COc1cncc(C(F)C2CCCNC2)c1. The lowest BCUT2D eigenvalue weighted by atomic mass is 9.91. The van der Waals surface area contributed by atoms with E-state index in [2.05, 4.69) is 10.3 Å². The fourth-order valence-corrected chi connectivity index (χ4v) is 2.10. The maximum absolute atomic E-state index is 14.2. The zero-order valence-corrected chi connectivity index (χ0v) is 9.45. The van der Waals surface area contributed by atoms with Crippen LogP contribution in [0.1, 0.15) is 24.6 Å². The molecule has 2 unspecified atom stereocenters. The van der Waals surface area contributed by atoms with E-state index in [1.807, 2.05) is 0 Å². The van der Waals surface area contributed by atoms with Crippen molar-refractivity contribution in [1.29, 1.82) is 0 Å². The smallest absolute Gasteiger partial charge is 0.137 e. The van der Waals surface area contributed by atoms with Crippen LogP contribution in [0.25, 0.3) is 0 Å². The third-order valence-electron chi connectivity index (χ3n) is 3.04. The summed E-state index contributed by atoms with van der Waals surface area (Å²) >= 11 is 0. The molecular weight excluding hydrogens is 207 g/mol. The van der Waals surface area contributed by atoms with Gasteiger partial charge in [-0.3, -0.25) is 4.98 Å². The molecule has 0 aromatic carbocycles. The number of halogens is 1. The number of pyridine rings is 1. The molecule has 1 saturated heterocycles. The quantitative estimate of drug-likeness (QED) is 0.853. The standard InChI is InChI=1S/C12H17FN2O/c1-16-11-5-10(7-15-8-11)12(13)9-3-2-4-14-6-9/h5,7-9,12,14H,2-4,6H2,1H3. The van der Waals surface area contributed by atoms with Gasteiger partial charge < -0.3 is 10.1 Å². The molecule has 0 saturated carbocycles.